The van der Waals surface area contributed by atoms with E-state index in [1.807, 2.05) is 54.6 Å². The molecule has 1 aromatic heterocycles. The summed E-state index contributed by atoms with van der Waals surface area (Å²) >= 11 is 0. The van der Waals surface area contributed by atoms with Crippen molar-refractivity contribution in [2.24, 2.45) is 5.92 Å². The second kappa shape index (κ2) is 11.1. The highest BCUT2D eigenvalue weighted by molar-refractivity contribution is 5.83. The van der Waals surface area contributed by atoms with E-state index >= 15 is 0 Å². The van der Waals surface area contributed by atoms with Crippen LogP contribution in [0, 0.1) is 5.92 Å². The van der Waals surface area contributed by atoms with Gasteiger partial charge in [-0.15, -0.1) is 0 Å². The molecule has 1 fully saturated rings. The molecule has 0 amide bonds. The second-order valence-corrected chi connectivity index (χ2v) is 8.55. The average Bonchev–Trinajstić information content (AvgIpc) is 2.85. The Morgan fingerprint density at radius 2 is 1.74 bits per heavy atom. The fraction of sp³-hybridized carbons (Fsp3) is 0.308. The van der Waals surface area contributed by atoms with Crippen molar-refractivity contribution in [3.63, 3.8) is 0 Å². The number of aromatic nitrogens is 2. The lowest BCUT2D eigenvalue weighted by Gasteiger charge is -2.32. The quantitative estimate of drug-likeness (QED) is 0.283. The lowest BCUT2D eigenvalue weighted by molar-refractivity contribution is -0.0133. The van der Waals surface area contributed by atoms with Crippen molar-refractivity contribution in [1.29, 1.82) is 0 Å². The SMILES string of the molecule is C=C(CN1CCC(CNc2ncnc(N)c2-c2ccc(Oc3ccccc3)cc2)CC1)C(O)O. The smallest absolute Gasteiger partial charge is 0.175 e. The first kappa shape index (κ1) is 23.7. The fourth-order valence-corrected chi connectivity index (χ4v) is 4.09. The number of aliphatic hydroxyl groups excluding tert-OH is 1. The molecule has 0 radical (unpaired) electrons. The number of para-hydroxylation sites is 1. The van der Waals surface area contributed by atoms with E-state index in [2.05, 4.69) is 26.8 Å². The molecule has 2 aromatic carbocycles. The normalized spacial score (nSPS) is 14.8. The highest BCUT2D eigenvalue weighted by Gasteiger charge is 2.21. The van der Waals surface area contributed by atoms with Crippen molar-refractivity contribution in [3.8, 4) is 22.6 Å². The van der Waals surface area contributed by atoms with E-state index in [0.29, 0.717) is 29.7 Å². The molecule has 34 heavy (non-hydrogen) atoms. The summed E-state index contributed by atoms with van der Waals surface area (Å²) in [6.45, 7) is 6.79. The third-order valence-electron chi connectivity index (χ3n) is 6.06. The number of rotatable bonds is 9. The lowest BCUT2D eigenvalue weighted by atomic mass is 9.96. The van der Waals surface area contributed by atoms with Gasteiger partial charge in [-0.25, -0.2) is 9.97 Å². The highest BCUT2D eigenvalue weighted by Crippen LogP contribution is 2.33. The van der Waals surface area contributed by atoms with Crippen molar-refractivity contribution < 1.29 is 14.9 Å². The summed E-state index contributed by atoms with van der Waals surface area (Å²) in [4.78, 5) is 10.8. The van der Waals surface area contributed by atoms with Gasteiger partial charge in [-0.3, -0.25) is 4.90 Å². The van der Waals surface area contributed by atoms with Crippen LogP contribution >= 0.6 is 0 Å². The molecule has 1 saturated heterocycles. The average molecular weight is 462 g/mol. The maximum atomic E-state index is 9.23. The van der Waals surface area contributed by atoms with Crippen LogP contribution in [0.5, 0.6) is 11.5 Å². The zero-order chi connectivity index (χ0) is 23.9. The number of aliphatic hydroxyl groups is 2. The standard InChI is InChI=1S/C26H31N5O3/c1-18(26(32)33)16-31-13-11-19(12-14-31)15-28-25-23(24(27)29-17-30-25)20-7-9-22(10-8-20)34-21-5-3-2-4-6-21/h2-10,17,19,26,32-33H,1,11-16H2,(H3,27,28,29,30). The summed E-state index contributed by atoms with van der Waals surface area (Å²) in [5.74, 6) is 3.13. The van der Waals surface area contributed by atoms with Gasteiger partial charge in [0.15, 0.2) is 6.29 Å². The Morgan fingerprint density at radius 3 is 2.41 bits per heavy atom. The molecule has 0 saturated carbocycles. The number of hydrogen-bond acceptors (Lipinski definition) is 8. The number of benzene rings is 2. The van der Waals surface area contributed by atoms with Gasteiger partial charge in [0.2, 0.25) is 0 Å². The van der Waals surface area contributed by atoms with Crippen molar-refractivity contribution in [2.45, 2.75) is 19.1 Å². The molecule has 5 N–H and O–H groups in total. The number of nitrogens with one attached hydrogen (secondary N) is 1. The third-order valence-corrected chi connectivity index (χ3v) is 6.06. The minimum absolute atomic E-state index is 0.421. The van der Waals surface area contributed by atoms with Gasteiger partial charge in [-0.2, -0.15) is 0 Å². The molecule has 8 heteroatoms. The number of nitrogen functional groups attached to an aromatic ring is 1. The Kier molecular flexibility index (Phi) is 7.74. The van der Waals surface area contributed by atoms with Crippen molar-refractivity contribution >= 4 is 11.6 Å². The molecular formula is C26H31N5O3. The summed E-state index contributed by atoms with van der Waals surface area (Å²) in [6.07, 6.45) is 2.02. The van der Waals surface area contributed by atoms with Crippen LogP contribution in [0.4, 0.5) is 11.6 Å². The first-order valence-corrected chi connectivity index (χ1v) is 11.4. The number of piperidine rings is 1. The minimum Gasteiger partial charge on any atom is -0.457 e. The number of anilines is 2. The molecule has 0 unspecified atom stereocenters. The van der Waals surface area contributed by atoms with Gasteiger partial charge in [0.1, 0.15) is 29.5 Å². The molecule has 1 aliphatic heterocycles. The first-order valence-electron chi connectivity index (χ1n) is 11.4. The third kappa shape index (κ3) is 6.11. The number of nitrogens with two attached hydrogens (primary N) is 1. The summed E-state index contributed by atoms with van der Waals surface area (Å²) in [7, 11) is 0. The van der Waals surface area contributed by atoms with E-state index in [-0.39, 0.29) is 0 Å². The molecule has 2 heterocycles. The van der Waals surface area contributed by atoms with Crippen LogP contribution in [0.1, 0.15) is 12.8 Å². The summed E-state index contributed by atoms with van der Waals surface area (Å²) < 4.78 is 5.89. The predicted octanol–water partition coefficient (Wildman–Crippen LogP) is 3.51. The maximum absolute atomic E-state index is 9.23. The van der Waals surface area contributed by atoms with E-state index in [0.717, 1.165) is 55.1 Å². The monoisotopic (exact) mass is 461 g/mol. The molecule has 178 valence electrons. The Hall–Kier alpha value is -3.46. The van der Waals surface area contributed by atoms with Crippen LogP contribution in [0.15, 0.2) is 73.1 Å². The largest absolute Gasteiger partial charge is 0.457 e. The topological polar surface area (TPSA) is 117 Å². The lowest BCUT2D eigenvalue weighted by Crippen LogP contribution is -2.38. The molecular weight excluding hydrogens is 430 g/mol. The van der Waals surface area contributed by atoms with E-state index in [1.165, 1.54) is 6.33 Å². The first-order chi connectivity index (χ1) is 16.5. The van der Waals surface area contributed by atoms with Gasteiger partial charge in [-0.1, -0.05) is 36.9 Å². The number of likely N-dealkylation sites (tertiary alicyclic amines) is 1. The van der Waals surface area contributed by atoms with Gasteiger partial charge in [0.25, 0.3) is 0 Å². The predicted molar refractivity (Wildman–Crippen MR) is 133 cm³/mol. The molecule has 4 rings (SSSR count). The Bertz CT molecular complexity index is 1080. The van der Waals surface area contributed by atoms with Crippen molar-refractivity contribution in [1.82, 2.24) is 14.9 Å². The van der Waals surface area contributed by atoms with Crippen LogP contribution in [0.3, 0.4) is 0 Å². The van der Waals surface area contributed by atoms with Gasteiger partial charge < -0.3 is 26.0 Å². The Morgan fingerprint density at radius 1 is 1.06 bits per heavy atom. The molecule has 3 aromatic rings. The molecule has 0 atom stereocenters. The van der Waals surface area contributed by atoms with Crippen LogP contribution in [0.25, 0.3) is 11.1 Å². The zero-order valence-corrected chi connectivity index (χ0v) is 19.1. The fourth-order valence-electron chi connectivity index (χ4n) is 4.09. The number of hydrogen-bond donors (Lipinski definition) is 4. The highest BCUT2D eigenvalue weighted by atomic mass is 16.5. The molecule has 8 nitrogen and oxygen atoms in total. The van der Waals surface area contributed by atoms with E-state index in [1.54, 1.807) is 0 Å². The van der Waals surface area contributed by atoms with Crippen LogP contribution in [0.2, 0.25) is 0 Å². The van der Waals surface area contributed by atoms with Gasteiger partial charge >= 0.3 is 0 Å². The second-order valence-electron chi connectivity index (χ2n) is 8.55. The number of nitrogens with zero attached hydrogens (tertiary/aromatic N) is 3. The maximum Gasteiger partial charge on any atom is 0.175 e. The van der Waals surface area contributed by atoms with Crippen LogP contribution in [-0.4, -0.2) is 57.5 Å². The van der Waals surface area contributed by atoms with Gasteiger partial charge in [0.05, 0.1) is 5.56 Å². The zero-order valence-electron chi connectivity index (χ0n) is 19.1. The van der Waals surface area contributed by atoms with Crippen LogP contribution < -0.4 is 15.8 Å². The van der Waals surface area contributed by atoms with Crippen molar-refractivity contribution in [3.05, 3.63) is 73.1 Å². The van der Waals surface area contributed by atoms with Gasteiger partial charge in [-0.05, 0) is 67.3 Å². The van der Waals surface area contributed by atoms with E-state index < -0.39 is 6.29 Å². The summed E-state index contributed by atoms with van der Waals surface area (Å²) in [5, 5.41) is 21.9. The van der Waals surface area contributed by atoms with E-state index in [9.17, 15) is 10.2 Å². The van der Waals surface area contributed by atoms with E-state index in [4.69, 9.17) is 10.5 Å². The minimum atomic E-state index is -1.46. The Labute approximate surface area is 199 Å². The summed E-state index contributed by atoms with van der Waals surface area (Å²) in [5.41, 5.74) is 8.35. The van der Waals surface area contributed by atoms with Crippen LogP contribution in [-0.2, 0) is 0 Å². The molecule has 0 bridgehead atoms. The number of ether oxygens (including phenoxy) is 1. The molecule has 1 aliphatic rings. The summed E-state index contributed by atoms with van der Waals surface area (Å²) in [6, 6.07) is 17.4. The van der Waals surface area contributed by atoms with Gasteiger partial charge in [0, 0.05) is 13.1 Å². The Balaban J connectivity index is 1.37. The molecule has 0 spiro atoms. The van der Waals surface area contributed by atoms with Crippen molar-refractivity contribution in [2.75, 3.05) is 37.2 Å². The molecule has 0 aliphatic carbocycles.